The van der Waals surface area contributed by atoms with Crippen molar-refractivity contribution in [3.05, 3.63) is 0 Å². The van der Waals surface area contributed by atoms with Gasteiger partial charge in [-0.25, -0.2) is 5.01 Å². The minimum absolute atomic E-state index is 0.256. The van der Waals surface area contributed by atoms with E-state index in [9.17, 15) is 4.79 Å². The van der Waals surface area contributed by atoms with Gasteiger partial charge in [0.05, 0.1) is 13.2 Å². The van der Waals surface area contributed by atoms with E-state index in [1.807, 2.05) is 4.90 Å². The van der Waals surface area contributed by atoms with Gasteiger partial charge in [-0.2, -0.15) is 0 Å². The monoisotopic (exact) mass is 199 g/mol. The lowest BCUT2D eigenvalue weighted by Gasteiger charge is -2.36. The van der Waals surface area contributed by atoms with Gasteiger partial charge in [0.15, 0.2) is 0 Å². The second kappa shape index (κ2) is 4.25. The lowest BCUT2D eigenvalue weighted by Crippen LogP contribution is -2.53. The molecule has 1 amide bonds. The summed E-state index contributed by atoms with van der Waals surface area (Å²) in [5.74, 6) is 6.24. The predicted octanol–water partition coefficient (Wildman–Crippen LogP) is -0.959. The zero-order valence-corrected chi connectivity index (χ0v) is 8.32. The first-order valence-electron chi connectivity index (χ1n) is 5.11. The molecular formula is C9H17N3O2. The fourth-order valence-corrected chi connectivity index (χ4v) is 1.93. The molecule has 2 rings (SSSR count). The number of hydrazine groups is 1. The van der Waals surface area contributed by atoms with Gasteiger partial charge in [-0.3, -0.25) is 10.6 Å². The maximum Gasteiger partial charge on any atom is 0.223 e. The van der Waals surface area contributed by atoms with Gasteiger partial charge >= 0.3 is 0 Å². The Kier molecular flexibility index (Phi) is 3.00. The van der Waals surface area contributed by atoms with Gasteiger partial charge in [0, 0.05) is 32.6 Å². The highest BCUT2D eigenvalue weighted by Gasteiger charge is 2.28. The summed E-state index contributed by atoms with van der Waals surface area (Å²) in [4.78, 5) is 13.6. The molecule has 5 nitrogen and oxygen atoms in total. The molecule has 2 heterocycles. The number of nitrogens with two attached hydrogens (primary N) is 1. The Bertz CT molecular complexity index is 210. The van der Waals surface area contributed by atoms with Crippen molar-refractivity contribution in [2.75, 3.05) is 39.4 Å². The molecule has 0 aromatic heterocycles. The van der Waals surface area contributed by atoms with E-state index < -0.39 is 0 Å². The van der Waals surface area contributed by atoms with Crippen molar-refractivity contribution in [3.63, 3.8) is 0 Å². The first kappa shape index (κ1) is 9.89. The number of amides is 1. The summed E-state index contributed by atoms with van der Waals surface area (Å²) in [5, 5.41) is 1.75. The highest BCUT2D eigenvalue weighted by Crippen LogP contribution is 2.16. The third-order valence-corrected chi connectivity index (χ3v) is 2.81. The van der Waals surface area contributed by atoms with Gasteiger partial charge in [-0.15, -0.1) is 0 Å². The molecule has 0 radical (unpaired) electrons. The number of nitrogens with zero attached hydrogens (tertiary/aromatic N) is 2. The second-order valence-corrected chi connectivity index (χ2v) is 4.02. The first-order chi connectivity index (χ1) is 6.75. The Morgan fingerprint density at radius 3 is 2.57 bits per heavy atom. The highest BCUT2D eigenvalue weighted by molar-refractivity contribution is 5.76. The zero-order valence-electron chi connectivity index (χ0n) is 8.32. The van der Waals surface area contributed by atoms with Gasteiger partial charge in [0.25, 0.3) is 0 Å². The Labute approximate surface area is 83.8 Å². The van der Waals surface area contributed by atoms with Crippen LogP contribution in [0.4, 0.5) is 0 Å². The molecule has 0 saturated carbocycles. The molecule has 2 saturated heterocycles. The largest absolute Gasteiger partial charge is 0.378 e. The van der Waals surface area contributed by atoms with Crippen LogP contribution in [0.2, 0.25) is 0 Å². The van der Waals surface area contributed by atoms with Crippen LogP contribution in [0.3, 0.4) is 0 Å². The molecule has 5 heteroatoms. The third-order valence-electron chi connectivity index (χ3n) is 2.81. The van der Waals surface area contributed by atoms with E-state index in [4.69, 9.17) is 10.6 Å². The normalized spacial score (nSPS) is 24.8. The number of carbonyl (C=O) groups excluding carboxylic acids is 1. The molecule has 0 aliphatic carbocycles. The summed E-state index contributed by atoms with van der Waals surface area (Å²) < 4.78 is 5.19. The number of carbonyl (C=O) groups is 1. The van der Waals surface area contributed by atoms with Crippen LogP contribution >= 0.6 is 0 Å². The van der Waals surface area contributed by atoms with Gasteiger partial charge < -0.3 is 9.64 Å². The Morgan fingerprint density at radius 1 is 1.36 bits per heavy atom. The number of hydrogen-bond acceptors (Lipinski definition) is 4. The quantitative estimate of drug-likeness (QED) is 0.582. The second-order valence-electron chi connectivity index (χ2n) is 4.02. The molecular weight excluding hydrogens is 182 g/mol. The molecule has 0 atom stereocenters. The summed E-state index contributed by atoms with van der Waals surface area (Å²) in [5.41, 5.74) is 0. The van der Waals surface area contributed by atoms with Gasteiger partial charge in [-0.05, 0) is 5.92 Å². The molecule has 0 bridgehead atoms. The molecule has 0 spiro atoms. The predicted molar refractivity (Wildman–Crippen MR) is 51.3 cm³/mol. The van der Waals surface area contributed by atoms with Gasteiger partial charge in [0.2, 0.25) is 5.91 Å². The van der Waals surface area contributed by atoms with E-state index in [0.29, 0.717) is 25.6 Å². The summed E-state index contributed by atoms with van der Waals surface area (Å²) in [7, 11) is 0. The fraction of sp³-hybridized carbons (Fsp3) is 0.889. The van der Waals surface area contributed by atoms with Crippen molar-refractivity contribution < 1.29 is 9.53 Å². The Balaban J connectivity index is 1.71. The molecule has 2 fully saturated rings. The third kappa shape index (κ3) is 2.23. The molecule has 2 N–H and O–H groups in total. The minimum atomic E-state index is 0.256. The van der Waals surface area contributed by atoms with E-state index in [1.54, 1.807) is 5.01 Å². The molecule has 0 aromatic carbocycles. The summed E-state index contributed by atoms with van der Waals surface area (Å²) in [6.45, 7) is 4.57. The topological polar surface area (TPSA) is 58.8 Å². The molecule has 14 heavy (non-hydrogen) atoms. The fourth-order valence-electron chi connectivity index (χ4n) is 1.93. The maximum absolute atomic E-state index is 11.7. The van der Waals surface area contributed by atoms with Gasteiger partial charge in [0.1, 0.15) is 0 Å². The van der Waals surface area contributed by atoms with E-state index in [1.165, 1.54) is 0 Å². The van der Waals surface area contributed by atoms with Crippen LogP contribution in [0, 0.1) is 5.92 Å². The lowest BCUT2D eigenvalue weighted by atomic mass is 9.97. The number of morpholine rings is 1. The van der Waals surface area contributed by atoms with Crippen molar-refractivity contribution in [2.45, 2.75) is 6.42 Å². The Hall–Kier alpha value is -0.650. The molecule has 80 valence electrons. The average molecular weight is 199 g/mol. The SMILES string of the molecule is NN1CC(CC(=O)N2CCOCC2)C1. The molecule has 0 unspecified atom stereocenters. The van der Waals surface area contributed by atoms with Crippen molar-refractivity contribution in [3.8, 4) is 0 Å². The van der Waals surface area contributed by atoms with Crippen LogP contribution in [-0.4, -0.2) is 55.2 Å². The average Bonchev–Trinajstić information content (AvgIpc) is 2.17. The van der Waals surface area contributed by atoms with Gasteiger partial charge in [-0.1, -0.05) is 0 Å². The molecule has 0 aromatic rings. The first-order valence-corrected chi connectivity index (χ1v) is 5.11. The Morgan fingerprint density at radius 2 is 2.00 bits per heavy atom. The summed E-state index contributed by atoms with van der Waals surface area (Å²) in [6, 6.07) is 0. The molecule has 2 aliphatic rings. The van der Waals surface area contributed by atoms with E-state index in [-0.39, 0.29) is 5.91 Å². The maximum atomic E-state index is 11.7. The number of ether oxygens (including phenoxy) is 1. The van der Waals surface area contributed by atoms with Crippen molar-refractivity contribution in [2.24, 2.45) is 11.8 Å². The zero-order chi connectivity index (χ0) is 9.97. The van der Waals surface area contributed by atoms with E-state index in [2.05, 4.69) is 0 Å². The number of rotatable bonds is 2. The van der Waals surface area contributed by atoms with Crippen LogP contribution in [0.15, 0.2) is 0 Å². The van der Waals surface area contributed by atoms with E-state index >= 15 is 0 Å². The number of hydrogen-bond donors (Lipinski definition) is 1. The smallest absolute Gasteiger partial charge is 0.223 e. The molecule has 2 aliphatic heterocycles. The van der Waals surface area contributed by atoms with Crippen molar-refractivity contribution in [1.29, 1.82) is 0 Å². The standard InChI is InChI=1S/C9H17N3O2/c10-12-6-8(7-12)5-9(13)11-1-3-14-4-2-11/h8H,1-7,10H2. The van der Waals surface area contributed by atoms with E-state index in [0.717, 1.165) is 26.2 Å². The minimum Gasteiger partial charge on any atom is -0.378 e. The van der Waals surface area contributed by atoms with Crippen LogP contribution < -0.4 is 5.84 Å². The highest BCUT2D eigenvalue weighted by atomic mass is 16.5. The summed E-state index contributed by atoms with van der Waals surface area (Å²) >= 11 is 0. The lowest BCUT2D eigenvalue weighted by molar-refractivity contribution is -0.137. The van der Waals surface area contributed by atoms with Crippen LogP contribution in [0.1, 0.15) is 6.42 Å². The van der Waals surface area contributed by atoms with Crippen molar-refractivity contribution in [1.82, 2.24) is 9.91 Å². The van der Waals surface area contributed by atoms with Crippen LogP contribution in [0.5, 0.6) is 0 Å². The summed E-state index contributed by atoms with van der Waals surface area (Å²) in [6.07, 6.45) is 0.647. The van der Waals surface area contributed by atoms with Crippen molar-refractivity contribution >= 4 is 5.91 Å². The van der Waals surface area contributed by atoms with Crippen LogP contribution in [0.25, 0.3) is 0 Å². The van der Waals surface area contributed by atoms with Crippen LogP contribution in [-0.2, 0) is 9.53 Å².